The third-order valence-electron chi connectivity index (χ3n) is 3.02. The third kappa shape index (κ3) is 3.30. The summed E-state index contributed by atoms with van der Waals surface area (Å²) in [5.74, 6) is 1.67. The van der Waals surface area contributed by atoms with Gasteiger partial charge < -0.3 is 15.0 Å². The Hall–Kier alpha value is -1.36. The lowest BCUT2D eigenvalue weighted by molar-refractivity contribution is 0.0215. The van der Waals surface area contributed by atoms with Crippen molar-refractivity contribution in [2.75, 3.05) is 37.5 Å². The van der Waals surface area contributed by atoms with Crippen molar-refractivity contribution in [3.63, 3.8) is 0 Å². The molecule has 94 valence electrons. The first-order valence-corrected chi connectivity index (χ1v) is 6.12. The molecular formula is C12H20N4O. The highest BCUT2D eigenvalue weighted by molar-refractivity contribution is 5.42. The zero-order valence-corrected chi connectivity index (χ0v) is 10.5. The quantitative estimate of drug-likeness (QED) is 0.859. The van der Waals surface area contributed by atoms with Gasteiger partial charge in [-0.15, -0.1) is 0 Å². The number of likely N-dealkylation sites (N-methyl/N-ethyl adjacent to an activating group) is 1. The smallest absolute Gasteiger partial charge is 0.149 e. The third-order valence-corrected chi connectivity index (χ3v) is 3.02. The fourth-order valence-corrected chi connectivity index (χ4v) is 2.01. The van der Waals surface area contributed by atoms with Crippen molar-refractivity contribution in [1.29, 1.82) is 0 Å². The van der Waals surface area contributed by atoms with Gasteiger partial charge in [-0.3, -0.25) is 4.98 Å². The minimum atomic E-state index is 0.328. The number of hydrogen-bond acceptors (Lipinski definition) is 5. The Labute approximate surface area is 102 Å². The Morgan fingerprint density at radius 1 is 1.47 bits per heavy atom. The molecule has 0 saturated carbocycles. The van der Waals surface area contributed by atoms with Crippen molar-refractivity contribution in [2.24, 2.45) is 0 Å². The summed E-state index contributed by atoms with van der Waals surface area (Å²) in [6.07, 6.45) is 7.42. The first-order valence-electron chi connectivity index (χ1n) is 6.12. The van der Waals surface area contributed by atoms with Crippen LogP contribution in [0.25, 0.3) is 0 Å². The summed E-state index contributed by atoms with van der Waals surface area (Å²) in [6, 6.07) is 0. The lowest BCUT2D eigenvalue weighted by Gasteiger charge is -2.27. The van der Waals surface area contributed by atoms with Crippen molar-refractivity contribution in [1.82, 2.24) is 9.97 Å². The number of ether oxygens (including phenoxy) is 1. The molecule has 5 nitrogen and oxygen atoms in total. The molecule has 1 aromatic heterocycles. The Balaban J connectivity index is 1.95. The van der Waals surface area contributed by atoms with Gasteiger partial charge in [-0.05, 0) is 19.3 Å². The Morgan fingerprint density at radius 2 is 2.35 bits per heavy atom. The number of nitrogens with zero attached hydrogens (tertiary/aromatic N) is 3. The van der Waals surface area contributed by atoms with Gasteiger partial charge in [0.1, 0.15) is 11.6 Å². The van der Waals surface area contributed by atoms with Crippen LogP contribution in [0.4, 0.5) is 11.6 Å². The zero-order chi connectivity index (χ0) is 12.1. The highest BCUT2D eigenvalue weighted by atomic mass is 16.5. The molecule has 2 heterocycles. The minimum Gasteiger partial charge on any atom is -0.376 e. The maximum absolute atomic E-state index is 5.72. The fraction of sp³-hybridized carbons (Fsp3) is 0.667. The Kier molecular flexibility index (Phi) is 4.14. The highest BCUT2D eigenvalue weighted by Gasteiger charge is 2.16. The monoisotopic (exact) mass is 236 g/mol. The standard InChI is InChI=1S/C12H20N4O/c1-13-11-7-14-8-12(15-11)16(2)9-10-5-3-4-6-17-10/h7-8,10H,3-6,9H2,1-2H3,(H,13,15). The number of nitrogens with one attached hydrogen (secondary N) is 1. The molecule has 0 bridgehead atoms. The van der Waals surface area contributed by atoms with Gasteiger partial charge in [0.05, 0.1) is 18.5 Å². The molecule has 0 radical (unpaired) electrons. The van der Waals surface area contributed by atoms with Gasteiger partial charge in [0.25, 0.3) is 0 Å². The molecule has 5 heteroatoms. The summed E-state index contributed by atoms with van der Waals surface area (Å²) in [5.41, 5.74) is 0. The summed E-state index contributed by atoms with van der Waals surface area (Å²) < 4.78 is 5.72. The van der Waals surface area contributed by atoms with Crippen LogP contribution in [0, 0.1) is 0 Å². The van der Waals surface area contributed by atoms with E-state index in [9.17, 15) is 0 Å². The number of rotatable bonds is 4. The second kappa shape index (κ2) is 5.82. The highest BCUT2D eigenvalue weighted by Crippen LogP contribution is 2.16. The maximum Gasteiger partial charge on any atom is 0.149 e. The van der Waals surface area contributed by atoms with E-state index in [1.165, 1.54) is 12.8 Å². The van der Waals surface area contributed by atoms with Gasteiger partial charge in [0, 0.05) is 27.2 Å². The number of hydrogen-bond donors (Lipinski definition) is 1. The van der Waals surface area contributed by atoms with E-state index in [2.05, 4.69) is 20.2 Å². The molecule has 0 amide bonds. The first kappa shape index (κ1) is 12.1. The van der Waals surface area contributed by atoms with Gasteiger partial charge >= 0.3 is 0 Å². The molecule has 0 aromatic carbocycles. The number of aromatic nitrogens is 2. The van der Waals surface area contributed by atoms with E-state index in [0.717, 1.165) is 31.2 Å². The largest absolute Gasteiger partial charge is 0.376 e. The van der Waals surface area contributed by atoms with Crippen LogP contribution in [0.5, 0.6) is 0 Å². The van der Waals surface area contributed by atoms with E-state index in [0.29, 0.717) is 6.10 Å². The lowest BCUT2D eigenvalue weighted by atomic mass is 10.1. The van der Waals surface area contributed by atoms with E-state index in [4.69, 9.17) is 4.74 Å². The summed E-state index contributed by atoms with van der Waals surface area (Å²) in [4.78, 5) is 10.7. The summed E-state index contributed by atoms with van der Waals surface area (Å²) in [7, 11) is 3.87. The van der Waals surface area contributed by atoms with Crippen LogP contribution in [0.15, 0.2) is 12.4 Å². The van der Waals surface area contributed by atoms with E-state index >= 15 is 0 Å². The SMILES string of the molecule is CNc1cncc(N(C)CC2CCCCO2)n1. The van der Waals surface area contributed by atoms with Crippen LogP contribution < -0.4 is 10.2 Å². The lowest BCUT2D eigenvalue weighted by Crippen LogP contribution is -2.33. The minimum absolute atomic E-state index is 0.328. The number of anilines is 2. The van der Waals surface area contributed by atoms with E-state index in [-0.39, 0.29) is 0 Å². The van der Waals surface area contributed by atoms with E-state index in [1.807, 2.05) is 14.1 Å². The summed E-state index contributed by atoms with van der Waals surface area (Å²) in [5, 5.41) is 2.99. The molecule has 1 aliphatic heterocycles. The van der Waals surface area contributed by atoms with Crippen LogP contribution in [-0.4, -0.2) is 43.3 Å². The Bertz CT molecular complexity index is 352. The molecule has 1 unspecified atom stereocenters. The average Bonchev–Trinajstić information content (AvgIpc) is 2.40. The average molecular weight is 236 g/mol. The van der Waals surface area contributed by atoms with Crippen LogP contribution in [0.2, 0.25) is 0 Å². The van der Waals surface area contributed by atoms with Crippen LogP contribution in [-0.2, 0) is 4.74 Å². The van der Waals surface area contributed by atoms with Gasteiger partial charge in [0.15, 0.2) is 0 Å². The molecule has 1 aromatic rings. The van der Waals surface area contributed by atoms with Gasteiger partial charge in [-0.2, -0.15) is 0 Å². The van der Waals surface area contributed by atoms with Crippen molar-refractivity contribution in [2.45, 2.75) is 25.4 Å². The first-order chi connectivity index (χ1) is 8.29. The molecule has 0 spiro atoms. The van der Waals surface area contributed by atoms with Crippen LogP contribution in [0.3, 0.4) is 0 Å². The van der Waals surface area contributed by atoms with Crippen molar-refractivity contribution in [3.05, 3.63) is 12.4 Å². The van der Waals surface area contributed by atoms with Crippen molar-refractivity contribution >= 4 is 11.6 Å². The zero-order valence-electron chi connectivity index (χ0n) is 10.5. The van der Waals surface area contributed by atoms with Crippen LogP contribution in [0.1, 0.15) is 19.3 Å². The Morgan fingerprint density at radius 3 is 3.06 bits per heavy atom. The molecule has 1 atom stereocenters. The molecule has 0 aliphatic carbocycles. The molecule has 2 rings (SSSR count). The normalized spacial score (nSPS) is 20.0. The van der Waals surface area contributed by atoms with Crippen molar-refractivity contribution in [3.8, 4) is 0 Å². The van der Waals surface area contributed by atoms with E-state index < -0.39 is 0 Å². The molecule has 1 fully saturated rings. The van der Waals surface area contributed by atoms with Gasteiger partial charge in [-0.1, -0.05) is 0 Å². The van der Waals surface area contributed by atoms with E-state index in [1.54, 1.807) is 12.4 Å². The predicted molar refractivity (Wildman–Crippen MR) is 68.4 cm³/mol. The topological polar surface area (TPSA) is 50.3 Å². The fourth-order valence-electron chi connectivity index (χ4n) is 2.01. The molecule has 17 heavy (non-hydrogen) atoms. The van der Waals surface area contributed by atoms with Gasteiger partial charge in [0.2, 0.25) is 0 Å². The predicted octanol–water partition coefficient (Wildman–Crippen LogP) is 1.52. The molecule has 1 saturated heterocycles. The summed E-state index contributed by atoms with van der Waals surface area (Å²) >= 11 is 0. The van der Waals surface area contributed by atoms with Crippen LogP contribution >= 0.6 is 0 Å². The second-order valence-corrected chi connectivity index (χ2v) is 4.38. The molecule has 1 aliphatic rings. The second-order valence-electron chi connectivity index (χ2n) is 4.38. The molecule has 1 N–H and O–H groups in total. The maximum atomic E-state index is 5.72. The molecular weight excluding hydrogens is 216 g/mol. The van der Waals surface area contributed by atoms with Crippen molar-refractivity contribution < 1.29 is 4.74 Å². The van der Waals surface area contributed by atoms with Gasteiger partial charge in [-0.25, -0.2) is 4.98 Å². The summed E-state index contributed by atoms with van der Waals surface area (Å²) in [6.45, 7) is 1.77.